The van der Waals surface area contributed by atoms with E-state index in [0.29, 0.717) is 38.1 Å². The summed E-state index contributed by atoms with van der Waals surface area (Å²) in [6, 6.07) is 0. The summed E-state index contributed by atoms with van der Waals surface area (Å²) in [5.74, 6) is 0.113. The number of Topliss-reactive ketones (excluding diaryl/α,β-unsaturated/α-hetero) is 1. The van der Waals surface area contributed by atoms with Crippen molar-refractivity contribution in [2.75, 3.05) is 27.2 Å². The predicted molar refractivity (Wildman–Crippen MR) is 231 cm³/mol. The lowest BCUT2D eigenvalue weighted by Crippen LogP contribution is -2.30. The van der Waals surface area contributed by atoms with Crippen LogP contribution in [0, 0.1) is 10.8 Å². The number of rotatable bonds is 36. The van der Waals surface area contributed by atoms with Crippen molar-refractivity contribution in [3.05, 3.63) is 48.6 Å². The van der Waals surface area contributed by atoms with Crippen LogP contribution < -0.4 is 0 Å². The van der Waals surface area contributed by atoms with Gasteiger partial charge in [0.2, 0.25) is 0 Å². The summed E-state index contributed by atoms with van der Waals surface area (Å²) in [4.78, 5) is 38.3. The van der Waals surface area contributed by atoms with Gasteiger partial charge in [-0.05, 0) is 115 Å². The van der Waals surface area contributed by atoms with Crippen LogP contribution in [0.2, 0.25) is 0 Å². The molecule has 0 rings (SSSR count). The Kier molecular flexibility index (Phi) is 32.3. The van der Waals surface area contributed by atoms with Gasteiger partial charge in [0, 0.05) is 12.8 Å². The Hall–Kier alpha value is -2.47. The molecule has 0 heterocycles. The standard InChI is InChI=1S/C48H85NO5/c1-9-43(50)35-31-27-23-19-15-11-12-16-20-24-28-32-36-44(54-46(52)41-48(5,6)42-47(3,4)39-40-49(7)8)37-33-29-25-21-17-13-14-18-22-26-30-34-38-45(51)53-10-2/h15,18-19,22,27,30-31,34,44H,9-14,16-17,20-21,23-26,28-29,32-33,35-42H2,1-8H3/b19-15-,22-18-,31-27-,34-30-. The van der Waals surface area contributed by atoms with Gasteiger partial charge in [-0.25, -0.2) is 0 Å². The maximum atomic E-state index is 13.3. The van der Waals surface area contributed by atoms with E-state index in [1.807, 2.05) is 32.1 Å². The van der Waals surface area contributed by atoms with Gasteiger partial charge < -0.3 is 14.4 Å². The quantitative estimate of drug-likeness (QED) is 0.0360. The van der Waals surface area contributed by atoms with Crippen LogP contribution in [0.3, 0.4) is 0 Å². The van der Waals surface area contributed by atoms with Crippen LogP contribution in [-0.4, -0.2) is 56.0 Å². The molecule has 0 bridgehead atoms. The molecule has 0 aromatic carbocycles. The smallest absolute Gasteiger partial charge is 0.309 e. The van der Waals surface area contributed by atoms with Crippen LogP contribution in [0.4, 0.5) is 0 Å². The lowest BCUT2D eigenvalue weighted by Gasteiger charge is -2.35. The van der Waals surface area contributed by atoms with Crippen LogP contribution in [-0.2, 0) is 23.9 Å². The number of nitrogens with zero attached hydrogens (tertiary/aromatic N) is 1. The summed E-state index contributed by atoms with van der Waals surface area (Å²) in [6.07, 6.45) is 41.6. The lowest BCUT2D eigenvalue weighted by molar-refractivity contribution is -0.152. The first-order valence-electron chi connectivity index (χ1n) is 21.9. The summed E-state index contributed by atoms with van der Waals surface area (Å²) in [5.41, 5.74) is 0.0894. The molecule has 54 heavy (non-hydrogen) atoms. The number of unbranched alkanes of at least 4 members (excludes halogenated alkanes) is 12. The normalized spacial score (nSPS) is 13.3. The SMILES string of the molecule is CCOC(=O)C/C=C\C/C=C\CCCCCCCCC(CCCCCCCC/C=C\C/C=C\CC(=O)CC)OC(=O)CC(C)(C)CC(C)(C)CCN(C)C. The highest BCUT2D eigenvalue weighted by Gasteiger charge is 2.32. The molecule has 0 saturated heterocycles. The Bertz CT molecular complexity index is 1070. The zero-order valence-corrected chi connectivity index (χ0v) is 36.6. The third-order valence-corrected chi connectivity index (χ3v) is 9.95. The van der Waals surface area contributed by atoms with E-state index in [2.05, 4.69) is 77.1 Å². The summed E-state index contributed by atoms with van der Waals surface area (Å²) in [7, 11) is 4.25. The Labute approximate surface area is 334 Å². The van der Waals surface area contributed by atoms with Crippen LogP contribution in [0.15, 0.2) is 48.6 Å². The molecule has 1 atom stereocenters. The fourth-order valence-electron chi connectivity index (χ4n) is 7.07. The van der Waals surface area contributed by atoms with Crippen molar-refractivity contribution in [2.45, 2.75) is 202 Å². The highest BCUT2D eigenvalue weighted by Crippen LogP contribution is 2.39. The van der Waals surface area contributed by atoms with Crippen molar-refractivity contribution >= 4 is 17.7 Å². The third-order valence-electron chi connectivity index (χ3n) is 9.95. The molecule has 0 aromatic rings. The van der Waals surface area contributed by atoms with Gasteiger partial charge in [0.05, 0.1) is 19.4 Å². The summed E-state index contributed by atoms with van der Waals surface area (Å²) >= 11 is 0. The van der Waals surface area contributed by atoms with Gasteiger partial charge in [-0.15, -0.1) is 0 Å². The van der Waals surface area contributed by atoms with Gasteiger partial charge in [0.25, 0.3) is 0 Å². The van der Waals surface area contributed by atoms with E-state index < -0.39 is 0 Å². The van der Waals surface area contributed by atoms with Crippen molar-refractivity contribution in [3.8, 4) is 0 Å². The molecule has 0 fully saturated rings. The Morgan fingerprint density at radius 3 is 1.57 bits per heavy atom. The fraction of sp³-hybridized carbons (Fsp3) is 0.771. The molecule has 6 nitrogen and oxygen atoms in total. The predicted octanol–water partition coefficient (Wildman–Crippen LogP) is 13.3. The second-order valence-corrected chi connectivity index (χ2v) is 17.2. The number of ketones is 1. The van der Waals surface area contributed by atoms with E-state index in [0.717, 1.165) is 70.8 Å². The second-order valence-electron chi connectivity index (χ2n) is 17.2. The molecule has 1 unspecified atom stereocenters. The van der Waals surface area contributed by atoms with Gasteiger partial charge >= 0.3 is 11.9 Å². The zero-order valence-electron chi connectivity index (χ0n) is 36.6. The van der Waals surface area contributed by atoms with Crippen molar-refractivity contribution < 1.29 is 23.9 Å². The molecule has 6 heteroatoms. The summed E-state index contributed by atoms with van der Waals surface area (Å²) in [6.45, 7) is 14.3. The lowest BCUT2D eigenvalue weighted by atomic mass is 9.72. The Morgan fingerprint density at radius 1 is 0.593 bits per heavy atom. The monoisotopic (exact) mass is 756 g/mol. The maximum absolute atomic E-state index is 13.3. The van der Waals surface area contributed by atoms with E-state index in [1.165, 1.54) is 64.2 Å². The highest BCUT2D eigenvalue weighted by atomic mass is 16.5. The molecule has 312 valence electrons. The zero-order chi connectivity index (χ0) is 40.3. The van der Waals surface area contributed by atoms with Gasteiger partial charge in [0.15, 0.2) is 0 Å². The molecule has 0 amide bonds. The molecule has 0 aliphatic carbocycles. The van der Waals surface area contributed by atoms with Crippen LogP contribution >= 0.6 is 0 Å². The van der Waals surface area contributed by atoms with Gasteiger partial charge in [-0.3, -0.25) is 14.4 Å². The summed E-state index contributed by atoms with van der Waals surface area (Å²) < 4.78 is 11.2. The first-order valence-corrected chi connectivity index (χ1v) is 21.9. The Morgan fingerprint density at radius 2 is 1.07 bits per heavy atom. The average molecular weight is 756 g/mol. The molecular formula is C48H85NO5. The van der Waals surface area contributed by atoms with Gasteiger partial charge in [0.1, 0.15) is 11.9 Å². The average Bonchev–Trinajstić information content (AvgIpc) is 3.10. The molecule has 0 aliphatic heterocycles. The molecule has 0 saturated carbocycles. The molecule has 0 aromatic heterocycles. The molecule has 0 spiro atoms. The highest BCUT2D eigenvalue weighted by molar-refractivity contribution is 5.79. The van der Waals surface area contributed by atoms with Crippen molar-refractivity contribution in [2.24, 2.45) is 10.8 Å². The first kappa shape index (κ1) is 51.5. The minimum absolute atomic E-state index is 0.0195. The molecular weight excluding hydrogens is 671 g/mol. The van der Waals surface area contributed by atoms with Crippen molar-refractivity contribution in [1.29, 1.82) is 0 Å². The van der Waals surface area contributed by atoms with E-state index in [1.54, 1.807) is 0 Å². The minimum Gasteiger partial charge on any atom is -0.466 e. The van der Waals surface area contributed by atoms with Crippen LogP contribution in [0.25, 0.3) is 0 Å². The summed E-state index contributed by atoms with van der Waals surface area (Å²) in [5, 5.41) is 0. The largest absolute Gasteiger partial charge is 0.466 e. The first-order chi connectivity index (χ1) is 25.8. The number of esters is 2. The van der Waals surface area contributed by atoms with Gasteiger partial charge in [-0.1, -0.05) is 135 Å². The number of hydrogen-bond acceptors (Lipinski definition) is 6. The fourth-order valence-corrected chi connectivity index (χ4v) is 7.07. The van der Waals surface area contributed by atoms with Gasteiger partial charge in [-0.2, -0.15) is 0 Å². The van der Waals surface area contributed by atoms with Crippen molar-refractivity contribution in [3.63, 3.8) is 0 Å². The number of hydrogen-bond donors (Lipinski definition) is 0. The maximum Gasteiger partial charge on any atom is 0.309 e. The van der Waals surface area contributed by atoms with Crippen molar-refractivity contribution in [1.82, 2.24) is 4.90 Å². The molecule has 0 N–H and O–H groups in total. The number of ether oxygens (including phenoxy) is 2. The molecule has 0 radical (unpaired) electrons. The van der Waals surface area contributed by atoms with E-state index in [9.17, 15) is 14.4 Å². The van der Waals surface area contributed by atoms with Crippen LogP contribution in [0.5, 0.6) is 0 Å². The Balaban J connectivity index is 4.57. The van der Waals surface area contributed by atoms with E-state index in [-0.39, 0.29) is 28.9 Å². The second kappa shape index (κ2) is 33.8. The minimum atomic E-state index is -0.166. The topological polar surface area (TPSA) is 72.9 Å². The number of carbonyl (C=O) groups excluding carboxylic acids is 3. The number of allylic oxidation sites excluding steroid dienone is 7. The van der Waals surface area contributed by atoms with E-state index in [4.69, 9.17) is 9.47 Å². The third kappa shape index (κ3) is 35.2. The molecule has 0 aliphatic rings. The van der Waals surface area contributed by atoms with Crippen LogP contribution in [0.1, 0.15) is 196 Å². The number of carbonyl (C=O) groups is 3. The van der Waals surface area contributed by atoms with E-state index >= 15 is 0 Å².